The van der Waals surface area contributed by atoms with E-state index in [9.17, 15) is 9.18 Å². The molecule has 0 fully saturated rings. The molecular formula is C24H24FNO2. The second kappa shape index (κ2) is 9.18. The number of carbonyl (C=O) groups is 1. The Morgan fingerprint density at radius 2 is 1.61 bits per heavy atom. The number of hydrogen-bond acceptors (Lipinski definition) is 3. The van der Waals surface area contributed by atoms with Crippen molar-refractivity contribution in [2.75, 3.05) is 12.4 Å². The van der Waals surface area contributed by atoms with Crippen LogP contribution in [-0.4, -0.2) is 12.9 Å². The van der Waals surface area contributed by atoms with Gasteiger partial charge in [-0.3, -0.25) is 4.79 Å². The van der Waals surface area contributed by atoms with Crippen LogP contribution in [-0.2, 0) is 6.42 Å². The van der Waals surface area contributed by atoms with Crippen LogP contribution in [0.25, 0.3) is 0 Å². The molecule has 3 nitrogen and oxygen atoms in total. The SMILES string of the molecule is CCc1ccc(NC(CC(=O)c2ccc(F)cc2)c2ccc(OC)cc2)cc1. The zero-order valence-electron chi connectivity index (χ0n) is 16.1. The molecule has 3 rings (SSSR count). The predicted octanol–water partition coefficient (Wildman–Crippen LogP) is 5.82. The summed E-state index contributed by atoms with van der Waals surface area (Å²) in [5, 5.41) is 3.46. The first kappa shape index (κ1) is 19.6. The number of ketones is 1. The van der Waals surface area contributed by atoms with Crippen LogP contribution in [0.3, 0.4) is 0 Å². The van der Waals surface area contributed by atoms with Gasteiger partial charge in [0.1, 0.15) is 11.6 Å². The van der Waals surface area contributed by atoms with Gasteiger partial charge in [-0.25, -0.2) is 4.39 Å². The molecule has 0 spiro atoms. The third-order valence-electron chi connectivity index (χ3n) is 4.78. The van der Waals surface area contributed by atoms with Gasteiger partial charge < -0.3 is 10.1 Å². The Kier molecular flexibility index (Phi) is 6.43. The first-order chi connectivity index (χ1) is 13.6. The lowest BCUT2D eigenvalue weighted by atomic mass is 9.97. The van der Waals surface area contributed by atoms with Crippen LogP contribution in [0.2, 0.25) is 0 Å². The summed E-state index contributed by atoms with van der Waals surface area (Å²) < 4.78 is 18.4. The number of benzene rings is 3. The summed E-state index contributed by atoms with van der Waals surface area (Å²) >= 11 is 0. The molecule has 0 aromatic heterocycles. The number of anilines is 1. The van der Waals surface area contributed by atoms with Crippen LogP contribution < -0.4 is 10.1 Å². The average molecular weight is 377 g/mol. The molecule has 0 aliphatic rings. The predicted molar refractivity (Wildman–Crippen MR) is 111 cm³/mol. The van der Waals surface area contributed by atoms with Gasteiger partial charge in [0.2, 0.25) is 0 Å². The van der Waals surface area contributed by atoms with E-state index in [4.69, 9.17) is 4.74 Å². The topological polar surface area (TPSA) is 38.3 Å². The van der Waals surface area contributed by atoms with E-state index in [2.05, 4.69) is 24.4 Å². The minimum Gasteiger partial charge on any atom is -0.497 e. The van der Waals surface area contributed by atoms with Gasteiger partial charge in [0.05, 0.1) is 13.2 Å². The van der Waals surface area contributed by atoms with Crippen molar-refractivity contribution in [3.63, 3.8) is 0 Å². The lowest BCUT2D eigenvalue weighted by Crippen LogP contribution is -2.16. The molecular weight excluding hydrogens is 353 g/mol. The van der Waals surface area contributed by atoms with Crippen LogP contribution in [0.5, 0.6) is 5.75 Å². The second-order valence-corrected chi connectivity index (χ2v) is 6.65. The molecule has 0 saturated carbocycles. The van der Waals surface area contributed by atoms with E-state index in [0.717, 1.165) is 23.4 Å². The van der Waals surface area contributed by atoms with E-state index in [1.807, 2.05) is 36.4 Å². The van der Waals surface area contributed by atoms with Gasteiger partial charge >= 0.3 is 0 Å². The molecule has 3 aromatic rings. The lowest BCUT2D eigenvalue weighted by molar-refractivity contribution is 0.0976. The minimum atomic E-state index is -0.350. The number of rotatable bonds is 8. The summed E-state index contributed by atoms with van der Waals surface area (Å²) in [6, 6.07) is 21.3. The summed E-state index contributed by atoms with van der Waals surface area (Å²) in [4.78, 5) is 12.8. The molecule has 3 aromatic carbocycles. The Bertz CT molecular complexity index is 903. The van der Waals surface area contributed by atoms with E-state index >= 15 is 0 Å². The Morgan fingerprint density at radius 3 is 2.18 bits per heavy atom. The zero-order chi connectivity index (χ0) is 19.9. The van der Waals surface area contributed by atoms with E-state index in [1.54, 1.807) is 7.11 Å². The van der Waals surface area contributed by atoms with Crippen molar-refractivity contribution >= 4 is 11.5 Å². The smallest absolute Gasteiger partial charge is 0.165 e. The largest absolute Gasteiger partial charge is 0.497 e. The van der Waals surface area contributed by atoms with Crippen molar-refractivity contribution in [1.82, 2.24) is 0 Å². The maximum atomic E-state index is 13.2. The van der Waals surface area contributed by atoms with Crippen LogP contribution in [0.4, 0.5) is 10.1 Å². The van der Waals surface area contributed by atoms with E-state index in [0.29, 0.717) is 5.56 Å². The minimum absolute atomic E-state index is 0.0431. The van der Waals surface area contributed by atoms with Crippen molar-refractivity contribution in [1.29, 1.82) is 0 Å². The quantitative estimate of drug-likeness (QED) is 0.503. The van der Waals surface area contributed by atoms with E-state index in [1.165, 1.54) is 29.8 Å². The molecule has 0 aliphatic heterocycles. The fourth-order valence-electron chi connectivity index (χ4n) is 3.07. The van der Waals surface area contributed by atoms with Gasteiger partial charge in [0.25, 0.3) is 0 Å². The number of methoxy groups -OCH3 is 1. The lowest BCUT2D eigenvalue weighted by Gasteiger charge is -2.20. The first-order valence-corrected chi connectivity index (χ1v) is 9.37. The first-order valence-electron chi connectivity index (χ1n) is 9.37. The molecule has 1 atom stereocenters. The highest BCUT2D eigenvalue weighted by Gasteiger charge is 2.18. The molecule has 28 heavy (non-hydrogen) atoms. The number of aryl methyl sites for hydroxylation is 1. The number of hydrogen-bond donors (Lipinski definition) is 1. The van der Waals surface area contributed by atoms with Crippen LogP contribution in [0, 0.1) is 5.82 Å². The zero-order valence-corrected chi connectivity index (χ0v) is 16.1. The third kappa shape index (κ3) is 4.97. The van der Waals surface area contributed by atoms with Gasteiger partial charge in [0, 0.05) is 17.7 Å². The fourth-order valence-corrected chi connectivity index (χ4v) is 3.07. The summed E-state index contributed by atoms with van der Waals surface area (Å²) in [5.41, 5.74) is 3.69. The van der Waals surface area contributed by atoms with Gasteiger partial charge in [-0.05, 0) is 66.1 Å². The molecule has 0 saturated heterocycles. The molecule has 0 amide bonds. The van der Waals surface area contributed by atoms with Gasteiger partial charge in [-0.2, -0.15) is 0 Å². The van der Waals surface area contributed by atoms with Crippen molar-refractivity contribution in [2.24, 2.45) is 0 Å². The Balaban J connectivity index is 1.83. The molecule has 144 valence electrons. The Morgan fingerprint density at radius 1 is 0.964 bits per heavy atom. The summed E-state index contributed by atoms with van der Waals surface area (Å²) in [6.45, 7) is 2.12. The third-order valence-corrected chi connectivity index (χ3v) is 4.78. The molecule has 4 heteroatoms. The number of nitrogens with one attached hydrogen (secondary N) is 1. The standard InChI is InChI=1S/C24H24FNO2/c1-3-17-4-12-21(13-5-17)26-23(18-8-14-22(28-2)15-9-18)16-24(27)19-6-10-20(25)11-7-19/h4-15,23,26H,3,16H2,1-2H3. The maximum Gasteiger partial charge on any atom is 0.165 e. The number of carbonyl (C=O) groups excluding carboxylic acids is 1. The summed E-state index contributed by atoms with van der Waals surface area (Å²) in [6.07, 6.45) is 1.23. The molecule has 0 aliphatic carbocycles. The Hall–Kier alpha value is -3.14. The van der Waals surface area contributed by atoms with Gasteiger partial charge in [-0.1, -0.05) is 31.2 Å². The van der Waals surface area contributed by atoms with Gasteiger partial charge in [-0.15, -0.1) is 0 Å². The molecule has 1 N–H and O–H groups in total. The summed E-state index contributed by atoms with van der Waals surface area (Å²) in [5.74, 6) is 0.371. The van der Waals surface area contributed by atoms with E-state index < -0.39 is 0 Å². The second-order valence-electron chi connectivity index (χ2n) is 6.65. The molecule has 1 unspecified atom stereocenters. The van der Waals surface area contributed by atoms with Crippen molar-refractivity contribution in [3.05, 3.63) is 95.3 Å². The van der Waals surface area contributed by atoms with Crippen molar-refractivity contribution in [2.45, 2.75) is 25.8 Å². The van der Waals surface area contributed by atoms with Crippen molar-refractivity contribution in [3.8, 4) is 5.75 Å². The number of Topliss-reactive ketones (excluding diaryl/α,β-unsaturated/α-hetero) is 1. The summed E-state index contributed by atoms with van der Waals surface area (Å²) in [7, 11) is 1.62. The highest BCUT2D eigenvalue weighted by atomic mass is 19.1. The van der Waals surface area contributed by atoms with Crippen molar-refractivity contribution < 1.29 is 13.9 Å². The molecule has 0 radical (unpaired) electrons. The van der Waals surface area contributed by atoms with E-state index in [-0.39, 0.29) is 24.1 Å². The highest BCUT2D eigenvalue weighted by Crippen LogP contribution is 2.26. The average Bonchev–Trinajstić information content (AvgIpc) is 2.74. The number of ether oxygens (including phenoxy) is 1. The number of halogens is 1. The maximum absolute atomic E-state index is 13.2. The van der Waals surface area contributed by atoms with Crippen LogP contribution in [0.1, 0.15) is 40.9 Å². The fraction of sp³-hybridized carbons (Fsp3) is 0.208. The Labute approximate surface area is 165 Å². The van der Waals surface area contributed by atoms with Crippen LogP contribution >= 0.6 is 0 Å². The monoisotopic (exact) mass is 377 g/mol. The van der Waals surface area contributed by atoms with Gasteiger partial charge in [0.15, 0.2) is 5.78 Å². The van der Waals surface area contributed by atoms with Crippen LogP contribution in [0.15, 0.2) is 72.8 Å². The highest BCUT2D eigenvalue weighted by molar-refractivity contribution is 5.96. The molecule has 0 heterocycles. The normalized spacial score (nSPS) is 11.7. The molecule has 0 bridgehead atoms.